The van der Waals surface area contributed by atoms with Gasteiger partial charge in [-0.1, -0.05) is 6.92 Å². The molecule has 1 N–H and O–H groups in total. The van der Waals surface area contributed by atoms with E-state index >= 15 is 0 Å². The summed E-state index contributed by atoms with van der Waals surface area (Å²) in [5.74, 6) is 1.46. The Labute approximate surface area is 160 Å². The quantitative estimate of drug-likeness (QED) is 0.478. The average molecular weight is 369 g/mol. The second kappa shape index (κ2) is 12.1. The zero-order chi connectivity index (χ0) is 19.5. The third kappa shape index (κ3) is 7.91. The number of carbonyl (C=O) groups is 1. The van der Waals surface area contributed by atoms with Gasteiger partial charge in [0.2, 0.25) is 5.91 Å². The van der Waals surface area contributed by atoms with Crippen molar-refractivity contribution in [1.82, 2.24) is 24.9 Å². The predicted molar refractivity (Wildman–Crippen MR) is 110 cm³/mol. The lowest BCUT2D eigenvalue weighted by molar-refractivity contribution is -0.131. The summed E-state index contributed by atoms with van der Waals surface area (Å²) in [6.45, 7) is 17.4. The van der Waals surface area contributed by atoms with Crippen LogP contribution >= 0.6 is 0 Å². The average Bonchev–Trinajstić information content (AvgIpc) is 2.61. The highest BCUT2D eigenvalue weighted by Gasteiger charge is 2.17. The highest BCUT2D eigenvalue weighted by Crippen LogP contribution is 2.05. The minimum Gasteiger partial charge on any atom is -0.357 e. The van der Waals surface area contributed by atoms with Gasteiger partial charge in [0, 0.05) is 66.0 Å². The summed E-state index contributed by atoms with van der Waals surface area (Å²) in [4.78, 5) is 25.8. The van der Waals surface area contributed by atoms with E-state index in [4.69, 9.17) is 4.99 Å². The molecule has 1 aliphatic heterocycles. The van der Waals surface area contributed by atoms with Crippen LogP contribution in [0.5, 0.6) is 0 Å². The first-order valence-corrected chi connectivity index (χ1v) is 10.1. The van der Waals surface area contributed by atoms with Crippen LogP contribution in [0.2, 0.25) is 0 Å². The van der Waals surface area contributed by atoms with Crippen LogP contribution in [0, 0.1) is 5.92 Å². The molecule has 1 unspecified atom stereocenters. The standard InChI is InChI=1S/C19H40N6O/c1-7-20-19(23(6)16-18(26)25(8-2)9-3)21-14-17(4)15-24-12-10-22(5)11-13-24/h17H,7-16H2,1-6H3,(H,20,21). The van der Waals surface area contributed by atoms with E-state index in [1.165, 1.54) is 0 Å². The lowest BCUT2D eigenvalue weighted by Gasteiger charge is -2.33. The van der Waals surface area contributed by atoms with E-state index in [1.807, 2.05) is 30.7 Å². The Morgan fingerprint density at radius 3 is 2.31 bits per heavy atom. The molecule has 1 heterocycles. The van der Waals surface area contributed by atoms with E-state index in [2.05, 4.69) is 36.0 Å². The van der Waals surface area contributed by atoms with Crippen LogP contribution in [0.4, 0.5) is 0 Å². The van der Waals surface area contributed by atoms with E-state index in [0.717, 1.165) is 64.9 Å². The smallest absolute Gasteiger partial charge is 0.242 e. The van der Waals surface area contributed by atoms with Crippen molar-refractivity contribution in [2.24, 2.45) is 10.9 Å². The minimum absolute atomic E-state index is 0.147. The van der Waals surface area contributed by atoms with Gasteiger partial charge < -0.3 is 24.9 Å². The van der Waals surface area contributed by atoms with Crippen molar-refractivity contribution in [3.8, 4) is 0 Å². The minimum atomic E-state index is 0.147. The summed E-state index contributed by atoms with van der Waals surface area (Å²) in [6.07, 6.45) is 0. The Morgan fingerprint density at radius 2 is 1.77 bits per heavy atom. The van der Waals surface area contributed by atoms with Gasteiger partial charge in [-0.05, 0) is 33.7 Å². The third-order valence-corrected chi connectivity index (χ3v) is 4.90. The molecule has 0 bridgehead atoms. The zero-order valence-corrected chi connectivity index (χ0v) is 17.8. The van der Waals surface area contributed by atoms with Crippen molar-refractivity contribution in [1.29, 1.82) is 0 Å². The van der Waals surface area contributed by atoms with Gasteiger partial charge in [-0.3, -0.25) is 9.79 Å². The molecule has 1 atom stereocenters. The molecule has 7 heteroatoms. The van der Waals surface area contributed by atoms with Crippen molar-refractivity contribution in [3.63, 3.8) is 0 Å². The Balaban J connectivity index is 2.54. The molecular formula is C19H40N6O. The first kappa shape index (κ1) is 22.7. The maximum atomic E-state index is 12.3. The topological polar surface area (TPSA) is 54.4 Å². The van der Waals surface area contributed by atoms with Crippen molar-refractivity contribution in [3.05, 3.63) is 0 Å². The van der Waals surface area contributed by atoms with Crippen LogP contribution in [0.15, 0.2) is 4.99 Å². The Kier molecular flexibility index (Phi) is 10.6. The van der Waals surface area contributed by atoms with Gasteiger partial charge in [-0.25, -0.2) is 0 Å². The molecule has 0 spiro atoms. The second-order valence-corrected chi connectivity index (χ2v) is 7.33. The van der Waals surface area contributed by atoms with Crippen molar-refractivity contribution < 1.29 is 4.79 Å². The molecule has 0 aliphatic carbocycles. The largest absolute Gasteiger partial charge is 0.357 e. The molecule has 0 aromatic heterocycles. The van der Waals surface area contributed by atoms with Crippen LogP contribution in [-0.4, -0.2) is 111 Å². The van der Waals surface area contributed by atoms with Gasteiger partial charge in [0.15, 0.2) is 5.96 Å². The molecule has 1 rings (SSSR count). The molecule has 0 radical (unpaired) electrons. The fourth-order valence-corrected chi connectivity index (χ4v) is 3.20. The summed E-state index contributed by atoms with van der Waals surface area (Å²) in [6, 6.07) is 0. The van der Waals surface area contributed by atoms with Gasteiger partial charge in [-0.2, -0.15) is 0 Å². The number of nitrogens with zero attached hydrogens (tertiary/aromatic N) is 5. The van der Waals surface area contributed by atoms with E-state index < -0.39 is 0 Å². The van der Waals surface area contributed by atoms with Crippen LogP contribution in [0.1, 0.15) is 27.7 Å². The summed E-state index contributed by atoms with van der Waals surface area (Å²) < 4.78 is 0. The third-order valence-electron chi connectivity index (χ3n) is 4.90. The number of nitrogens with one attached hydrogen (secondary N) is 1. The number of guanidine groups is 1. The van der Waals surface area contributed by atoms with Crippen molar-refractivity contribution in [2.45, 2.75) is 27.7 Å². The van der Waals surface area contributed by atoms with Crippen LogP contribution in [0.3, 0.4) is 0 Å². The molecule has 1 amide bonds. The molecule has 1 saturated heterocycles. The fourth-order valence-electron chi connectivity index (χ4n) is 3.20. The number of hydrogen-bond acceptors (Lipinski definition) is 4. The number of likely N-dealkylation sites (N-methyl/N-ethyl adjacent to an activating group) is 3. The van der Waals surface area contributed by atoms with E-state index in [-0.39, 0.29) is 5.91 Å². The first-order chi connectivity index (χ1) is 12.4. The molecule has 0 aromatic carbocycles. The van der Waals surface area contributed by atoms with Gasteiger partial charge in [0.25, 0.3) is 0 Å². The molecule has 1 aliphatic rings. The van der Waals surface area contributed by atoms with Crippen LogP contribution < -0.4 is 5.32 Å². The molecule has 1 fully saturated rings. The maximum absolute atomic E-state index is 12.3. The summed E-state index contributed by atoms with van der Waals surface area (Å²) in [5, 5.41) is 3.31. The molecule has 7 nitrogen and oxygen atoms in total. The number of amides is 1. The molecule has 26 heavy (non-hydrogen) atoms. The number of rotatable bonds is 9. The van der Waals surface area contributed by atoms with Gasteiger partial charge in [0.05, 0.1) is 6.54 Å². The Morgan fingerprint density at radius 1 is 1.15 bits per heavy atom. The second-order valence-electron chi connectivity index (χ2n) is 7.33. The lowest BCUT2D eigenvalue weighted by atomic mass is 10.1. The molecular weight excluding hydrogens is 328 g/mol. The summed E-state index contributed by atoms with van der Waals surface area (Å²) >= 11 is 0. The highest BCUT2D eigenvalue weighted by atomic mass is 16.2. The lowest BCUT2D eigenvalue weighted by Crippen LogP contribution is -2.47. The SMILES string of the molecule is CCNC(=NCC(C)CN1CCN(C)CC1)N(C)CC(=O)N(CC)CC. The monoisotopic (exact) mass is 368 g/mol. The molecule has 152 valence electrons. The number of piperazine rings is 1. The van der Waals surface area contributed by atoms with Gasteiger partial charge in [-0.15, -0.1) is 0 Å². The van der Waals surface area contributed by atoms with Crippen molar-refractivity contribution in [2.75, 3.05) is 79.5 Å². The Hall–Kier alpha value is -1.34. The summed E-state index contributed by atoms with van der Waals surface area (Å²) in [7, 11) is 4.12. The van der Waals surface area contributed by atoms with E-state index in [1.54, 1.807) is 0 Å². The fraction of sp³-hybridized carbons (Fsp3) is 0.895. The van der Waals surface area contributed by atoms with E-state index in [9.17, 15) is 4.79 Å². The van der Waals surface area contributed by atoms with Gasteiger partial charge in [0.1, 0.15) is 0 Å². The normalized spacial score (nSPS) is 17.8. The maximum Gasteiger partial charge on any atom is 0.242 e. The van der Waals surface area contributed by atoms with Crippen LogP contribution in [-0.2, 0) is 4.79 Å². The zero-order valence-electron chi connectivity index (χ0n) is 17.8. The number of hydrogen-bond donors (Lipinski definition) is 1. The highest BCUT2D eigenvalue weighted by molar-refractivity contribution is 5.86. The van der Waals surface area contributed by atoms with Gasteiger partial charge >= 0.3 is 0 Å². The van der Waals surface area contributed by atoms with Crippen LogP contribution in [0.25, 0.3) is 0 Å². The predicted octanol–water partition coefficient (Wildman–Crippen LogP) is 0.636. The number of aliphatic imine (C=N–C) groups is 1. The molecule has 0 aromatic rings. The summed E-state index contributed by atoms with van der Waals surface area (Å²) in [5.41, 5.74) is 0. The molecule has 0 saturated carbocycles. The van der Waals surface area contributed by atoms with Crippen molar-refractivity contribution >= 4 is 11.9 Å². The number of carbonyl (C=O) groups excluding carboxylic acids is 1. The first-order valence-electron chi connectivity index (χ1n) is 10.1. The van der Waals surface area contributed by atoms with E-state index in [0.29, 0.717) is 12.5 Å². The Bertz CT molecular complexity index is 430.